The number of anilines is 1. The first-order valence-electron chi connectivity index (χ1n) is 6.87. The Morgan fingerprint density at radius 3 is 3.00 bits per heavy atom. The Balaban J connectivity index is 1.76. The average Bonchev–Trinajstić information content (AvgIpc) is 2.71. The SMILES string of the molecule is O=C(O)CC1CCC2CC1CN2c1cccc(F)c1. The minimum absolute atomic E-state index is 0.207. The van der Waals surface area contributed by atoms with E-state index in [1.54, 1.807) is 12.1 Å². The van der Waals surface area contributed by atoms with E-state index in [9.17, 15) is 9.18 Å². The zero-order chi connectivity index (χ0) is 13.4. The lowest BCUT2D eigenvalue weighted by Gasteiger charge is -2.28. The van der Waals surface area contributed by atoms with Crippen molar-refractivity contribution in [2.24, 2.45) is 11.8 Å². The van der Waals surface area contributed by atoms with Gasteiger partial charge >= 0.3 is 5.97 Å². The molecule has 1 N–H and O–H groups in total. The molecule has 1 saturated carbocycles. The van der Waals surface area contributed by atoms with E-state index in [4.69, 9.17) is 5.11 Å². The van der Waals surface area contributed by atoms with Gasteiger partial charge in [-0.1, -0.05) is 6.07 Å². The highest BCUT2D eigenvalue weighted by molar-refractivity contribution is 5.67. The van der Waals surface area contributed by atoms with Gasteiger partial charge in [-0.2, -0.15) is 0 Å². The Morgan fingerprint density at radius 2 is 2.26 bits per heavy atom. The lowest BCUT2D eigenvalue weighted by molar-refractivity contribution is -0.138. The van der Waals surface area contributed by atoms with E-state index < -0.39 is 5.97 Å². The van der Waals surface area contributed by atoms with Crippen LogP contribution in [-0.2, 0) is 4.79 Å². The van der Waals surface area contributed by atoms with Crippen molar-refractivity contribution in [1.29, 1.82) is 0 Å². The quantitative estimate of drug-likeness (QED) is 0.911. The van der Waals surface area contributed by atoms with Gasteiger partial charge in [-0.25, -0.2) is 4.39 Å². The molecule has 3 nitrogen and oxygen atoms in total. The van der Waals surface area contributed by atoms with Crippen LogP contribution in [0.2, 0.25) is 0 Å². The summed E-state index contributed by atoms with van der Waals surface area (Å²) >= 11 is 0. The van der Waals surface area contributed by atoms with E-state index in [2.05, 4.69) is 4.90 Å². The summed E-state index contributed by atoms with van der Waals surface area (Å²) in [5, 5.41) is 8.95. The first-order valence-corrected chi connectivity index (χ1v) is 6.87. The van der Waals surface area contributed by atoms with Gasteiger partial charge in [0.15, 0.2) is 0 Å². The number of rotatable bonds is 3. The fourth-order valence-corrected chi connectivity index (χ4v) is 3.67. The summed E-state index contributed by atoms with van der Waals surface area (Å²) in [5.41, 5.74) is 0.934. The molecule has 4 heteroatoms. The number of carboxylic acids is 1. The molecule has 1 aromatic carbocycles. The molecular weight excluding hydrogens is 245 g/mol. The summed E-state index contributed by atoms with van der Waals surface area (Å²) in [7, 11) is 0. The molecule has 3 rings (SSSR count). The van der Waals surface area contributed by atoms with Crippen LogP contribution in [-0.4, -0.2) is 23.7 Å². The van der Waals surface area contributed by atoms with Gasteiger partial charge in [-0.15, -0.1) is 0 Å². The van der Waals surface area contributed by atoms with E-state index in [-0.39, 0.29) is 18.2 Å². The number of fused-ring (bicyclic) bond motifs is 2. The number of carboxylic acid groups (broad SMARTS) is 1. The van der Waals surface area contributed by atoms with Gasteiger partial charge in [0, 0.05) is 24.7 Å². The third-order valence-corrected chi connectivity index (χ3v) is 4.56. The summed E-state index contributed by atoms with van der Waals surface area (Å²) in [6, 6.07) is 7.17. The summed E-state index contributed by atoms with van der Waals surface area (Å²) < 4.78 is 13.3. The minimum Gasteiger partial charge on any atom is -0.481 e. The number of nitrogens with zero attached hydrogens (tertiary/aromatic N) is 1. The van der Waals surface area contributed by atoms with Crippen LogP contribution in [0, 0.1) is 17.7 Å². The van der Waals surface area contributed by atoms with Crippen molar-refractivity contribution in [3.05, 3.63) is 30.1 Å². The van der Waals surface area contributed by atoms with Gasteiger partial charge < -0.3 is 10.0 Å². The molecule has 1 saturated heterocycles. The van der Waals surface area contributed by atoms with Crippen LogP contribution in [0.3, 0.4) is 0 Å². The van der Waals surface area contributed by atoms with Crippen molar-refractivity contribution in [3.8, 4) is 0 Å². The number of hydrogen-bond acceptors (Lipinski definition) is 2. The predicted octanol–water partition coefficient (Wildman–Crippen LogP) is 2.91. The Bertz CT molecular complexity index is 491. The Kier molecular flexibility index (Phi) is 3.17. The average molecular weight is 263 g/mol. The molecule has 1 aliphatic carbocycles. The smallest absolute Gasteiger partial charge is 0.303 e. The van der Waals surface area contributed by atoms with E-state index in [1.165, 1.54) is 6.07 Å². The van der Waals surface area contributed by atoms with Crippen molar-refractivity contribution in [2.45, 2.75) is 31.7 Å². The van der Waals surface area contributed by atoms with E-state index in [0.29, 0.717) is 12.0 Å². The van der Waals surface area contributed by atoms with Crippen molar-refractivity contribution in [2.75, 3.05) is 11.4 Å². The van der Waals surface area contributed by atoms with Crippen molar-refractivity contribution < 1.29 is 14.3 Å². The minimum atomic E-state index is -0.701. The third-order valence-electron chi connectivity index (χ3n) is 4.56. The van der Waals surface area contributed by atoms with Crippen molar-refractivity contribution >= 4 is 11.7 Å². The second-order valence-electron chi connectivity index (χ2n) is 5.72. The summed E-state index contributed by atoms with van der Waals surface area (Å²) in [4.78, 5) is 13.1. The number of aliphatic carboxylic acids is 1. The van der Waals surface area contributed by atoms with Gasteiger partial charge in [0.05, 0.1) is 0 Å². The first kappa shape index (κ1) is 12.5. The second kappa shape index (κ2) is 4.83. The molecule has 2 fully saturated rings. The molecule has 1 heterocycles. The molecule has 2 bridgehead atoms. The van der Waals surface area contributed by atoms with Crippen molar-refractivity contribution in [3.63, 3.8) is 0 Å². The Morgan fingerprint density at radius 1 is 1.42 bits per heavy atom. The normalized spacial score (nSPS) is 29.5. The highest BCUT2D eigenvalue weighted by Crippen LogP contribution is 2.42. The molecule has 1 aliphatic heterocycles. The molecule has 19 heavy (non-hydrogen) atoms. The van der Waals surface area contributed by atoms with Gasteiger partial charge in [0.25, 0.3) is 0 Å². The van der Waals surface area contributed by atoms with Gasteiger partial charge in [-0.05, 0) is 49.3 Å². The van der Waals surface area contributed by atoms with E-state index >= 15 is 0 Å². The summed E-state index contributed by atoms with van der Waals surface area (Å²) in [5.74, 6) is -0.181. The second-order valence-corrected chi connectivity index (χ2v) is 5.72. The topological polar surface area (TPSA) is 40.5 Å². The standard InChI is InChI=1S/C15H18FNO2/c16-12-2-1-3-13(8-12)17-9-11-6-14(17)5-4-10(11)7-15(18)19/h1-3,8,10-11,14H,4-7,9H2,(H,18,19). The summed E-state index contributed by atoms with van der Waals surface area (Å²) in [6.07, 6.45) is 3.32. The van der Waals surface area contributed by atoms with Gasteiger partial charge in [0.2, 0.25) is 0 Å². The fraction of sp³-hybridized carbons (Fsp3) is 0.533. The molecule has 1 aromatic rings. The lowest BCUT2D eigenvalue weighted by Crippen LogP contribution is -2.29. The van der Waals surface area contributed by atoms with Crippen molar-refractivity contribution in [1.82, 2.24) is 0 Å². The fourth-order valence-electron chi connectivity index (χ4n) is 3.67. The molecule has 0 aromatic heterocycles. The van der Waals surface area contributed by atoms with Crippen LogP contribution >= 0.6 is 0 Å². The Hall–Kier alpha value is -1.58. The molecular formula is C15H18FNO2. The van der Waals surface area contributed by atoms with Crippen LogP contribution < -0.4 is 4.90 Å². The molecule has 102 valence electrons. The molecule has 0 amide bonds. The Labute approximate surface area is 112 Å². The van der Waals surface area contributed by atoms with Crippen LogP contribution in [0.5, 0.6) is 0 Å². The maximum atomic E-state index is 13.3. The number of carbonyl (C=O) groups is 1. The van der Waals surface area contributed by atoms with E-state index in [1.807, 2.05) is 6.07 Å². The summed E-state index contributed by atoms with van der Waals surface area (Å²) in [6.45, 7) is 0.867. The zero-order valence-corrected chi connectivity index (χ0v) is 10.8. The molecule has 3 unspecified atom stereocenters. The maximum absolute atomic E-state index is 13.3. The predicted molar refractivity (Wildman–Crippen MR) is 70.6 cm³/mol. The van der Waals surface area contributed by atoms with E-state index in [0.717, 1.165) is 31.5 Å². The molecule has 3 atom stereocenters. The van der Waals surface area contributed by atoms with Crippen LogP contribution in [0.4, 0.5) is 10.1 Å². The maximum Gasteiger partial charge on any atom is 0.303 e. The van der Waals surface area contributed by atoms with Gasteiger partial charge in [0.1, 0.15) is 5.82 Å². The highest BCUT2D eigenvalue weighted by atomic mass is 19.1. The third kappa shape index (κ3) is 2.44. The van der Waals surface area contributed by atoms with Crippen LogP contribution in [0.1, 0.15) is 25.7 Å². The number of benzene rings is 1. The zero-order valence-electron chi connectivity index (χ0n) is 10.8. The van der Waals surface area contributed by atoms with Crippen LogP contribution in [0.25, 0.3) is 0 Å². The molecule has 2 aliphatic rings. The lowest BCUT2D eigenvalue weighted by atomic mass is 9.78. The highest BCUT2D eigenvalue weighted by Gasteiger charge is 2.41. The first-order chi connectivity index (χ1) is 9.13. The monoisotopic (exact) mass is 263 g/mol. The molecule has 0 radical (unpaired) electrons. The number of halogens is 1. The van der Waals surface area contributed by atoms with Gasteiger partial charge in [-0.3, -0.25) is 4.79 Å². The van der Waals surface area contributed by atoms with Crippen LogP contribution in [0.15, 0.2) is 24.3 Å². The largest absolute Gasteiger partial charge is 0.481 e. The molecule has 0 spiro atoms. The number of hydrogen-bond donors (Lipinski definition) is 1.